The summed E-state index contributed by atoms with van der Waals surface area (Å²) in [7, 11) is 0. The molecule has 3 nitrogen and oxygen atoms in total. The maximum absolute atomic E-state index is 6.05. The molecule has 0 atom stereocenters. The molecule has 2 heterocycles. The summed E-state index contributed by atoms with van der Waals surface area (Å²) in [5.74, 6) is 0.890. The molecule has 3 rings (SSSR count). The van der Waals surface area contributed by atoms with Gasteiger partial charge in [-0.05, 0) is 37.3 Å². The fourth-order valence-electron chi connectivity index (χ4n) is 2.36. The number of ether oxygens (including phenoxy) is 1. The molecule has 0 aliphatic heterocycles. The second-order valence-corrected chi connectivity index (χ2v) is 5.08. The molecule has 20 heavy (non-hydrogen) atoms. The van der Waals surface area contributed by atoms with E-state index in [0.717, 1.165) is 33.4 Å². The highest BCUT2D eigenvalue weighted by atomic mass is 35.5. The maximum atomic E-state index is 6.05. The number of halogens is 1. The molecule has 0 fully saturated rings. The quantitative estimate of drug-likeness (QED) is 0.730. The zero-order chi connectivity index (χ0) is 14.1. The monoisotopic (exact) mass is 287 g/mol. The maximum Gasteiger partial charge on any atom is 0.284 e. The number of nitrogens with one attached hydrogen (secondary N) is 1. The molecule has 1 N–H and O–H groups in total. The smallest absolute Gasteiger partial charge is 0.284 e. The van der Waals surface area contributed by atoms with Gasteiger partial charge < -0.3 is 4.74 Å². The standard InChI is InChI=1S/C16H15ClN2O/c1-3-20-14-7-4-12(5-8-14)16-11(2)19-10-13(17)6-9-15(19)18-16/h4-10H,3H2,1-2H3/p+1. The van der Waals surface area contributed by atoms with E-state index < -0.39 is 0 Å². The Balaban J connectivity index is 2.07. The number of H-pyrrole nitrogens is 1. The molecule has 0 aliphatic carbocycles. The van der Waals surface area contributed by atoms with Crippen molar-refractivity contribution in [3.05, 3.63) is 53.3 Å². The van der Waals surface area contributed by atoms with Gasteiger partial charge in [0.2, 0.25) is 0 Å². The van der Waals surface area contributed by atoms with Crippen LogP contribution in [-0.4, -0.2) is 11.6 Å². The van der Waals surface area contributed by atoms with E-state index in [9.17, 15) is 0 Å². The highest BCUT2D eigenvalue weighted by Gasteiger charge is 2.17. The predicted molar refractivity (Wildman–Crippen MR) is 80.3 cm³/mol. The van der Waals surface area contributed by atoms with E-state index in [1.807, 2.05) is 37.4 Å². The third kappa shape index (κ3) is 2.25. The van der Waals surface area contributed by atoms with E-state index in [4.69, 9.17) is 16.3 Å². The molecule has 0 spiro atoms. The van der Waals surface area contributed by atoms with Crippen molar-refractivity contribution in [3.8, 4) is 17.0 Å². The fraction of sp³-hybridized carbons (Fsp3) is 0.188. The van der Waals surface area contributed by atoms with Crippen LogP contribution in [0.15, 0.2) is 42.6 Å². The molecule has 102 valence electrons. The van der Waals surface area contributed by atoms with E-state index in [-0.39, 0.29) is 0 Å². The Kier molecular flexibility index (Phi) is 3.36. The number of hydrogen-bond acceptors (Lipinski definition) is 1. The first-order valence-corrected chi connectivity index (χ1v) is 6.99. The summed E-state index contributed by atoms with van der Waals surface area (Å²) in [6.45, 7) is 4.74. The van der Waals surface area contributed by atoms with Crippen molar-refractivity contribution in [2.45, 2.75) is 13.8 Å². The van der Waals surface area contributed by atoms with Gasteiger partial charge in [0.1, 0.15) is 11.9 Å². The number of imidazole rings is 1. The number of nitrogens with zero attached hydrogens (tertiary/aromatic N) is 1. The first-order chi connectivity index (χ1) is 9.69. The molecule has 3 aromatic rings. The van der Waals surface area contributed by atoms with Gasteiger partial charge >= 0.3 is 0 Å². The highest BCUT2D eigenvalue weighted by Crippen LogP contribution is 2.23. The van der Waals surface area contributed by atoms with Gasteiger partial charge in [-0.25, -0.2) is 4.98 Å². The van der Waals surface area contributed by atoms with E-state index in [0.29, 0.717) is 6.61 Å². The summed E-state index contributed by atoms with van der Waals surface area (Å²) in [5, 5.41) is 0.725. The molecule has 0 amide bonds. The summed E-state index contributed by atoms with van der Waals surface area (Å²) < 4.78 is 7.53. The van der Waals surface area contributed by atoms with Crippen LogP contribution < -0.4 is 9.14 Å². The van der Waals surface area contributed by atoms with Crippen molar-refractivity contribution in [3.63, 3.8) is 0 Å². The SMILES string of the molecule is CCOc1ccc(-c2[nH]c3ccc(Cl)c[n+]3c2C)cc1. The normalized spacial score (nSPS) is 10.9. The minimum atomic E-state index is 0.680. The molecule has 0 aliphatic rings. The topological polar surface area (TPSA) is 29.1 Å². The minimum Gasteiger partial charge on any atom is -0.494 e. The van der Waals surface area contributed by atoms with Gasteiger partial charge in [-0.2, -0.15) is 4.40 Å². The molecule has 0 bridgehead atoms. The molecule has 0 radical (unpaired) electrons. The Hall–Kier alpha value is -2.00. The number of benzene rings is 1. The number of aryl methyl sites for hydroxylation is 1. The van der Waals surface area contributed by atoms with Crippen LogP contribution in [0.2, 0.25) is 5.02 Å². The second kappa shape index (κ2) is 5.17. The average molecular weight is 288 g/mol. The largest absolute Gasteiger partial charge is 0.494 e. The van der Waals surface area contributed by atoms with Gasteiger partial charge in [0.25, 0.3) is 5.65 Å². The molecule has 0 saturated heterocycles. The predicted octanol–water partition coefficient (Wildman–Crippen LogP) is 3.78. The highest BCUT2D eigenvalue weighted by molar-refractivity contribution is 6.30. The van der Waals surface area contributed by atoms with Crippen LogP contribution in [0.1, 0.15) is 12.6 Å². The van der Waals surface area contributed by atoms with Crippen LogP contribution in [0.3, 0.4) is 0 Å². The lowest BCUT2D eigenvalue weighted by Gasteiger charge is -2.02. The van der Waals surface area contributed by atoms with Gasteiger partial charge in [0.05, 0.1) is 11.6 Å². The number of hydrogen-bond donors (Lipinski definition) is 1. The van der Waals surface area contributed by atoms with E-state index in [2.05, 4.69) is 28.4 Å². The number of pyridine rings is 1. The summed E-state index contributed by atoms with van der Waals surface area (Å²) in [4.78, 5) is 3.42. The third-order valence-electron chi connectivity index (χ3n) is 3.34. The number of rotatable bonds is 3. The van der Waals surface area contributed by atoms with Crippen molar-refractivity contribution >= 4 is 17.2 Å². The van der Waals surface area contributed by atoms with E-state index in [1.54, 1.807) is 0 Å². The molecular formula is C16H16ClN2O+. The van der Waals surface area contributed by atoms with Crippen molar-refractivity contribution in [2.24, 2.45) is 0 Å². The summed E-state index contributed by atoms with van der Waals surface area (Å²) >= 11 is 6.05. The lowest BCUT2D eigenvalue weighted by atomic mass is 10.1. The Labute approximate surface area is 122 Å². The van der Waals surface area contributed by atoms with Crippen molar-refractivity contribution in [2.75, 3.05) is 6.61 Å². The van der Waals surface area contributed by atoms with E-state index in [1.165, 1.54) is 0 Å². The Morgan fingerprint density at radius 3 is 2.60 bits per heavy atom. The van der Waals surface area contributed by atoms with Crippen LogP contribution >= 0.6 is 11.6 Å². The molecule has 4 heteroatoms. The van der Waals surface area contributed by atoms with Crippen LogP contribution in [0.25, 0.3) is 16.9 Å². The minimum absolute atomic E-state index is 0.680. The molecule has 0 unspecified atom stereocenters. The summed E-state index contributed by atoms with van der Waals surface area (Å²) in [6, 6.07) is 12.0. The second-order valence-electron chi connectivity index (χ2n) is 4.65. The number of aromatic amines is 1. The summed E-state index contributed by atoms with van der Waals surface area (Å²) in [5.41, 5.74) is 4.38. The third-order valence-corrected chi connectivity index (χ3v) is 3.57. The van der Waals surface area contributed by atoms with Gasteiger partial charge in [-0.3, -0.25) is 0 Å². The number of aromatic nitrogens is 2. The first-order valence-electron chi connectivity index (χ1n) is 6.62. The Morgan fingerprint density at radius 1 is 1.15 bits per heavy atom. The van der Waals surface area contributed by atoms with Gasteiger partial charge in [0, 0.05) is 18.6 Å². The Morgan fingerprint density at radius 2 is 1.90 bits per heavy atom. The first kappa shape index (κ1) is 13.0. The van der Waals surface area contributed by atoms with E-state index >= 15 is 0 Å². The lowest BCUT2D eigenvalue weighted by molar-refractivity contribution is -0.517. The fourth-order valence-corrected chi connectivity index (χ4v) is 2.52. The van der Waals surface area contributed by atoms with Crippen LogP contribution in [-0.2, 0) is 0 Å². The molecule has 1 aromatic carbocycles. The molecule has 2 aromatic heterocycles. The molecular weight excluding hydrogens is 272 g/mol. The number of fused-ring (bicyclic) bond motifs is 1. The Bertz CT molecular complexity index is 747. The van der Waals surface area contributed by atoms with Crippen LogP contribution in [0.4, 0.5) is 0 Å². The van der Waals surface area contributed by atoms with Gasteiger partial charge in [0.15, 0.2) is 11.4 Å². The van der Waals surface area contributed by atoms with Crippen molar-refractivity contribution < 1.29 is 9.14 Å². The van der Waals surface area contributed by atoms with Crippen molar-refractivity contribution in [1.82, 2.24) is 4.98 Å². The zero-order valence-electron chi connectivity index (χ0n) is 11.5. The zero-order valence-corrected chi connectivity index (χ0v) is 12.2. The van der Waals surface area contributed by atoms with Gasteiger partial charge in [-0.15, -0.1) is 0 Å². The summed E-state index contributed by atoms with van der Waals surface area (Å²) in [6.07, 6.45) is 1.92. The van der Waals surface area contributed by atoms with Crippen LogP contribution in [0.5, 0.6) is 5.75 Å². The van der Waals surface area contributed by atoms with Gasteiger partial charge in [-0.1, -0.05) is 11.6 Å². The van der Waals surface area contributed by atoms with Crippen LogP contribution in [0, 0.1) is 6.92 Å². The molecule has 0 saturated carbocycles. The average Bonchev–Trinajstić information content (AvgIpc) is 2.77. The lowest BCUT2D eigenvalue weighted by Crippen LogP contribution is -2.21. The van der Waals surface area contributed by atoms with Crippen molar-refractivity contribution in [1.29, 1.82) is 0 Å².